The molecule has 0 rings (SSSR count). The molecule has 0 fully saturated rings. The third kappa shape index (κ3) is 42.9. The van der Waals surface area contributed by atoms with E-state index < -0.39 is 0 Å². The Hall–Kier alpha value is -0.410. The van der Waals surface area contributed by atoms with Crippen LogP contribution in [-0.2, 0) is 4.79 Å². The highest BCUT2D eigenvalue weighted by molar-refractivity contribution is 5.51. The van der Waals surface area contributed by atoms with Crippen molar-refractivity contribution in [2.75, 3.05) is 6.54 Å². The van der Waals surface area contributed by atoms with Crippen molar-refractivity contribution in [1.29, 1.82) is 0 Å². The van der Waals surface area contributed by atoms with E-state index in [0.717, 1.165) is 12.8 Å². The number of carbonyl (C=O) groups excluding carboxylic acids is 1. The minimum atomic E-state index is 0. The average Bonchev–Trinajstić information content (AvgIpc) is 1.89. The molecule has 0 aromatic rings. The molecule has 3 nitrogen and oxygen atoms in total. The van der Waals surface area contributed by atoms with Crippen molar-refractivity contribution in [3.05, 3.63) is 0 Å². The van der Waals surface area contributed by atoms with Gasteiger partial charge in [-0.2, -0.15) is 0 Å². The number of hydrogen-bond donors (Lipinski definition) is 1. The van der Waals surface area contributed by atoms with Crippen LogP contribution in [0.4, 0.5) is 0 Å². The molecule has 3 heteroatoms. The van der Waals surface area contributed by atoms with E-state index in [1.807, 2.05) is 13.8 Å². The highest BCUT2D eigenvalue weighted by atomic mass is 16.1. The molecule has 0 amide bonds. The maximum absolute atomic E-state index is 9.50. The Morgan fingerprint density at radius 2 is 1.45 bits per heavy atom. The molecule has 0 aliphatic rings. The van der Waals surface area contributed by atoms with E-state index in [0.29, 0.717) is 5.92 Å². The van der Waals surface area contributed by atoms with Crippen molar-refractivity contribution < 1.29 is 10.3 Å². The number of hydrogen-bond acceptors (Lipinski definition) is 2. The lowest BCUT2D eigenvalue weighted by molar-refractivity contribution is -0.110. The number of nitrogens with two attached hydrogens (primary N) is 1. The van der Waals surface area contributed by atoms with Crippen LogP contribution in [0.2, 0.25) is 0 Å². The number of rotatable bonds is 2. The quantitative estimate of drug-likeness (QED) is 0.606. The summed E-state index contributed by atoms with van der Waals surface area (Å²) in [5.74, 6) is 0.866. The molecule has 0 saturated heterocycles. The zero-order valence-electron chi connectivity index (χ0n) is 7.92. The molecule has 11 heavy (non-hydrogen) atoms. The Bertz CT molecular complexity index is 72.5. The molecule has 0 aliphatic heterocycles. The van der Waals surface area contributed by atoms with Gasteiger partial charge in [0.25, 0.3) is 0 Å². The fraction of sp³-hybridized carbons (Fsp3) is 0.875. The van der Waals surface area contributed by atoms with Crippen LogP contribution in [-0.4, -0.2) is 18.3 Å². The Labute approximate surface area is 69.3 Å². The van der Waals surface area contributed by atoms with Gasteiger partial charge in [-0.05, 0) is 12.5 Å². The van der Waals surface area contributed by atoms with Crippen molar-refractivity contribution in [3.8, 4) is 0 Å². The van der Waals surface area contributed by atoms with E-state index in [9.17, 15) is 4.79 Å². The van der Waals surface area contributed by atoms with E-state index in [2.05, 4.69) is 13.8 Å². The Morgan fingerprint density at radius 1 is 1.27 bits per heavy atom. The minimum absolute atomic E-state index is 0. The fourth-order valence-electron chi connectivity index (χ4n) is 0. The van der Waals surface area contributed by atoms with Crippen LogP contribution in [0.1, 0.15) is 27.7 Å². The summed E-state index contributed by atoms with van der Waals surface area (Å²) in [7, 11) is 0. The van der Waals surface area contributed by atoms with Crippen molar-refractivity contribution >= 4 is 6.29 Å². The topological polar surface area (TPSA) is 74.6 Å². The summed E-state index contributed by atoms with van der Waals surface area (Å²) in [6.07, 6.45) is 0.917. The van der Waals surface area contributed by atoms with Crippen LogP contribution in [0.25, 0.3) is 0 Å². The maximum atomic E-state index is 9.50. The zero-order chi connectivity index (χ0) is 8.57. The second-order valence-corrected chi connectivity index (χ2v) is 3.01. The zero-order valence-corrected chi connectivity index (χ0v) is 7.92. The SMILES string of the molecule is CC(C)C=O.CC(C)CN.O. The van der Waals surface area contributed by atoms with Crippen LogP contribution in [0.15, 0.2) is 0 Å². The second kappa shape index (κ2) is 12.3. The van der Waals surface area contributed by atoms with Gasteiger partial charge in [0.2, 0.25) is 0 Å². The monoisotopic (exact) mass is 163 g/mol. The first-order chi connectivity index (χ1) is 4.54. The van der Waals surface area contributed by atoms with Gasteiger partial charge in [-0.25, -0.2) is 0 Å². The van der Waals surface area contributed by atoms with Crippen LogP contribution in [0, 0.1) is 11.8 Å². The van der Waals surface area contributed by atoms with Gasteiger partial charge in [-0.15, -0.1) is 0 Å². The van der Waals surface area contributed by atoms with E-state index in [-0.39, 0.29) is 11.4 Å². The van der Waals surface area contributed by atoms with Crippen LogP contribution >= 0.6 is 0 Å². The minimum Gasteiger partial charge on any atom is -0.412 e. The molecular weight excluding hydrogens is 142 g/mol. The maximum Gasteiger partial charge on any atom is 0.122 e. The molecule has 0 heterocycles. The van der Waals surface area contributed by atoms with Crippen molar-refractivity contribution in [1.82, 2.24) is 0 Å². The Kier molecular flexibility index (Phi) is 18.9. The van der Waals surface area contributed by atoms with Crippen molar-refractivity contribution in [2.45, 2.75) is 27.7 Å². The molecule has 0 aromatic heterocycles. The summed E-state index contributed by atoms with van der Waals surface area (Å²) in [4.78, 5) is 9.50. The molecule has 70 valence electrons. The van der Waals surface area contributed by atoms with Crippen LogP contribution in [0.3, 0.4) is 0 Å². The molecule has 4 N–H and O–H groups in total. The highest BCUT2D eigenvalue weighted by Gasteiger charge is 1.80. The first-order valence-electron chi connectivity index (χ1n) is 3.69. The molecule has 0 aromatic carbocycles. The first-order valence-corrected chi connectivity index (χ1v) is 3.69. The van der Waals surface area contributed by atoms with Crippen LogP contribution in [0.5, 0.6) is 0 Å². The van der Waals surface area contributed by atoms with Crippen LogP contribution < -0.4 is 5.73 Å². The van der Waals surface area contributed by atoms with Crippen molar-refractivity contribution in [2.24, 2.45) is 17.6 Å². The summed E-state index contributed by atoms with van der Waals surface area (Å²) in [6.45, 7) is 8.71. The van der Waals surface area contributed by atoms with Gasteiger partial charge in [0.1, 0.15) is 6.29 Å². The van der Waals surface area contributed by atoms with Gasteiger partial charge in [-0.3, -0.25) is 0 Å². The number of carbonyl (C=O) groups is 1. The summed E-state index contributed by atoms with van der Waals surface area (Å²) in [5.41, 5.74) is 5.17. The number of aldehydes is 1. The molecule has 0 spiro atoms. The van der Waals surface area contributed by atoms with E-state index >= 15 is 0 Å². The first kappa shape index (κ1) is 16.9. The fourth-order valence-corrected chi connectivity index (χ4v) is 0. The predicted octanol–water partition coefficient (Wildman–Crippen LogP) is 0.618. The summed E-state index contributed by atoms with van der Waals surface area (Å²) < 4.78 is 0. The highest BCUT2D eigenvalue weighted by Crippen LogP contribution is 1.81. The lowest BCUT2D eigenvalue weighted by atomic mass is 10.2. The van der Waals surface area contributed by atoms with E-state index in [4.69, 9.17) is 5.73 Å². The lowest BCUT2D eigenvalue weighted by Gasteiger charge is -1.91. The third-order valence-electron chi connectivity index (χ3n) is 0.744. The van der Waals surface area contributed by atoms with Crippen molar-refractivity contribution in [3.63, 3.8) is 0 Å². The van der Waals surface area contributed by atoms with Gasteiger partial charge in [0.05, 0.1) is 0 Å². The summed E-state index contributed by atoms with van der Waals surface area (Å²) >= 11 is 0. The standard InChI is InChI=1S/C4H11N.C4H8O.H2O/c2*1-4(2)3-5;/h4H,3,5H2,1-2H3;3-4H,1-2H3;1H2. The predicted molar refractivity (Wildman–Crippen MR) is 48.4 cm³/mol. The lowest BCUT2D eigenvalue weighted by Crippen LogP contribution is -2.05. The van der Waals surface area contributed by atoms with E-state index in [1.54, 1.807) is 0 Å². The molecule has 0 radical (unpaired) electrons. The molecule has 0 saturated carbocycles. The van der Waals surface area contributed by atoms with Gasteiger partial charge in [0, 0.05) is 5.92 Å². The largest absolute Gasteiger partial charge is 0.412 e. The van der Waals surface area contributed by atoms with Gasteiger partial charge >= 0.3 is 0 Å². The third-order valence-corrected chi connectivity index (χ3v) is 0.744. The van der Waals surface area contributed by atoms with Gasteiger partial charge in [-0.1, -0.05) is 27.7 Å². The van der Waals surface area contributed by atoms with E-state index in [1.165, 1.54) is 0 Å². The summed E-state index contributed by atoms with van der Waals surface area (Å²) in [5, 5.41) is 0. The second-order valence-electron chi connectivity index (χ2n) is 3.01. The van der Waals surface area contributed by atoms with Gasteiger partial charge in [0.15, 0.2) is 0 Å². The molecule has 0 aliphatic carbocycles. The molecular formula is C8H21NO2. The molecule has 0 unspecified atom stereocenters. The summed E-state index contributed by atoms with van der Waals surface area (Å²) in [6, 6.07) is 0. The Balaban J connectivity index is -0.000000107. The Morgan fingerprint density at radius 3 is 1.45 bits per heavy atom. The average molecular weight is 163 g/mol. The van der Waals surface area contributed by atoms with Gasteiger partial charge < -0.3 is 16.0 Å². The smallest absolute Gasteiger partial charge is 0.122 e. The normalized spacial score (nSPS) is 8.27. The molecule has 0 atom stereocenters. The molecule has 0 bridgehead atoms.